The number of likely N-dealkylation sites (N-methyl/N-ethyl adjacent to an activating group) is 1. The summed E-state index contributed by atoms with van der Waals surface area (Å²) in [6, 6.07) is 5.73. The molecule has 2 amide bonds. The van der Waals surface area contributed by atoms with Gasteiger partial charge in [-0.25, -0.2) is 4.98 Å². The van der Waals surface area contributed by atoms with Gasteiger partial charge in [0.2, 0.25) is 11.9 Å². The van der Waals surface area contributed by atoms with Gasteiger partial charge in [-0.3, -0.25) is 9.59 Å². The molecule has 1 saturated heterocycles. The maximum absolute atomic E-state index is 13.2. The first-order valence-corrected chi connectivity index (χ1v) is 15.2. The van der Waals surface area contributed by atoms with Crippen molar-refractivity contribution in [3.05, 3.63) is 30.0 Å². The Hall–Kier alpha value is -3.40. The number of rotatable bonds is 7. The highest BCUT2D eigenvalue weighted by molar-refractivity contribution is 6.04. The Bertz CT molecular complexity index is 1300. The maximum Gasteiger partial charge on any atom is 0.251 e. The lowest BCUT2D eigenvalue weighted by Crippen LogP contribution is -2.55. The van der Waals surface area contributed by atoms with Gasteiger partial charge in [0, 0.05) is 31.2 Å². The molecule has 10 heteroatoms. The molecule has 3 heterocycles. The van der Waals surface area contributed by atoms with Crippen molar-refractivity contribution in [2.45, 2.75) is 76.4 Å². The number of benzene rings is 1. The van der Waals surface area contributed by atoms with E-state index >= 15 is 0 Å². The van der Waals surface area contributed by atoms with Crippen molar-refractivity contribution >= 4 is 35.0 Å². The number of aromatic nitrogens is 2. The second-order valence-corrected chi connectivity index (χ2v) is 12.3. The molecule has 6 rings (SSSR count). The second kappa shape index (κ2) is 11.5. The van der Waals surface area contributed by atoms with Crippen molar-refractivity contribution in [2.24, 2.45) is 11.8 Å². The molecule has 2 N–H and O–H groups in total. The Morgan fingerprint density at radius 3 is 2.66 bits per heavy atom. The van der Waals surface area contributed by atoms with Crippen molar-refractivity contribution < 1.29 is 14.3 Å². The lowest BCUT2D eigenvalue weighted by molar-refractivity contribution is -0.120. The number of amides is 2. The number of ether oxygens (including phenoxy) is 1. The van der Waals surface area contributed by atoms with Gasteiger partial charge in [-0.1, -0.05) is 19.8 Å². The fourth-order valence-corrected chi connectivity index (χ4v) is 7.55. The molecule has 2 saturated carbocycles. The molecule has 1 aromatic carbocycles. The van der Waals surface area contributed by atoms with Crippen LogP contribution in [0, 0.1) is 11.8 Å². The minimum Gasteiger partial charge on any atom is -0.495 e. The van der Waals surface area contributed by atoms with Crippen LogP contribution in [0.3, 0.4) is 0 Å². The summed E-state index contributed by atoms with van der Waals surface area (Å²) in [5.74, 6) is 3.18. The van der Waals surface area contributed by atoms with E-state index in [2.05, 4.69) is 39.4 Å². The molecule has 1 unspecified atom stereocenters. The Morgan fingerprint density at radius 1 is 1.12 bits per heavy atom. The summed E-state index contributed by atoms with van der Waals surface area (Å²) >= 11 is 0. The molecule has 41 heavy (non-hydrogen) atoms. The first-order chi connectivity index (χ1) is 19.9. The first kappa shape index (κ1) is 27.8. The fraction of sp³-hybridized carbons (Fsp3) is 0.613. The highest BCUT2D eigenvalue weighted by atomic mass is 16.5. The molecule has 0 spiro atoms. The fourth-order valence-electron chi connectivity index (χ4n) is 7.55. The van der Waals surface area contributed by atoms with Gasteiger partial charge < -0.3 is 30.1 Å². The van der Waals surface area contributed by atoms with Gasteiger partial charge in [0.15, 0.2) is 5.82 Å². The highest BCUT2D eigenvalue weighted by Crippen LogP contribution is 2.41. The average Bonchev–Trinajstić information content (AvgIpc) is 3.64. The highest BCUT2D eigenvalue weighted by Gasteiger charge is 2.41. The van der Waals surface area contributed by atoms with Crippen LogP contribution in [0.5, 0.6) is 5.75 Å². The summed E-state index contributed by atoms with van der Waals surface area (Å²) in [4.78, 5) is 42.2. The van der Waals surface area contributed by atoms with E-state index in [1.807, 2.05) is 12.1 Å². The molecule has 1 aromatic heterocycles. The van der Waals surface area contributed by atoms with Gasteiger partial charge >= 0.3 is 0 Å². The van der Waals surface area contributed by atoms with E-state index in [4.69, 9.17) is 9.72 Å². The van der Waals surface area contributed by atoms with Crippen LogP contribution in [0.25, 0.3) is 0 Å². The SMILES string of the molecule is CC[C@@H]1C(=O)N(C)c2cnc(Nc3ccc(C(=O)N[C@H]4CC5CCN(C)C[C@@H]5C4)cc3OC)nc2N1C1CCCC1. The average molecular weight is 562 g/mol. The van der Waals surface area contributed by atoms with E-state index in [0.717, 1.165) is 56.7 Å². The summed E-state index contributed by atoms with van der Waals surface area (Å²) in [6.45, 7) is 4.33. The molecule has 0 radical (unpaired) electrons. The number of anilines is 4. The minimum absolute atomic E-state index is 0.0672. The van der Waals surface area contributed by atoms with E-state index < -0.39 is 0 Å². The first-order valence-electron chi connectivity index (χ1n) is 15.2. The third-order valence-corrected chi connectivity index (χ3v) is 9.73. The molecule has 2 aliphatic heterocycles. The molecule has 2 aliphatic carbocycles. The normalized spacial score (nSPS) is 26.6. The van der Waals surface area contributed by atoms with Crippen molar-refractivity contribution in [3.63, 3.8) is 0 Å². The second-order valence-electron chi connectivity index (χ2n) is 12.3. The molecule has 3 fully saturated rings. The van der Waals surface area contributed by atoms with Gasteiger partial charge in [-0.05, 0) is 82.2 Å². The summed E-state index contributed by atoms with van der Waals surface area (Å²) in [5, 5.41) is 6.58. The zero-order valence-corrected chi connectivity index (χ0v) is 24.7. The van der Waals surface area contributed by atoms with Crippen molar-refractivity contribution in [2.75, 3.05) is 49.4 Å². The standard InChI is InChI=1S/C31H43N7O3/c1-5-25-30(40)37(3)26-17-32-31(35-28(26)38(25)23-8-6-7-9-23)34-24-11-10-20(16-27(24)41-4)29(39)33-22-14-19-12-13-36(2)18-21(19)15-22/h10-11,16-17,19,21-23,25H,5-9,12-15,18H2,1-4H3,(H,33,39)(H,32,34,35)/t19?,21-,22-,25+/m0/s1. The van der Waals surface area contributed by atoms with Crippen LogP contribution in [0.2, 0.25) is 0 Å². The Balaban J connectivity index is 1.20. The number of hydrogen-bond donors (Lipinski definition) is 2. The minimum atomic E-state index is -0.226. The van der Waals surface area contributed by atoms with Gasteiger partial charge in [0.1, 0.15) is 17.5 Å². The van der Waals surface area contributed by atoms with Crippen molar-refractivity contribution in [3.8, 4) is 5.75 Å². The zero-order valence-electron chi connectivity index (χ0n) is 24.7. The molecule has 0 bridgehead atoms. The third kappa shape index (κ3) is 5.34. The number of carbonyl (C=O) groups excluding carboxylic acids is 2. The van der Waals surface area contributed by atoms with E-state index in [9.17, 15) is 9.59 Å². The Morgan fingerprint density at radius 2 is 1.90 bits per heavy atom. The van der Waals surface area contributed by atoms with Crippen LogP contribution >= 0.6 is 0 Å². The van der Waals surface area contributed by atoms with Crippen LogP contribution in [0.15, 0.2) is 24.4 Å². The Kier molecular flexibility index (Phi) is 7.76. The summed E-state index contributed by atoms with van der Waals surface area (Å²) < 4.78 is 5.68. The number of methoxy groups -OCH3 is 1. The van der Waals surface area contributed by atoms with Crippen LogP contribution in [0.1, 0.15) is 68.6 Å². The van der Waals surface area contributed by atoms with Crippen LogP contribution < -0.4 is 25.2 Å². The van der Waals surface area contributed by atoms with E-state index in [1.54, 1.807) is 31.3 Å². The van der Waals surface area contributed by atoms with E-state index in [-0.39, 0.29) is 23.9 Å². The van der Waals surface area contributed by atoms with Crippen LogP contribution in [-0.2, 0) is 4.79 Å². The molecule has 10 nitrogen and oxygen atoms in total. The predicted octanol–water partition coefficient (Wildman–Crippen LogP) is 4.19. The van der Waals surface area contributed by atoms with Crippen LogP contribution in [0.4, 0.5) is 23.1 Å². The molecular formula is C31H43N7O3. The largest absolute Gasteiger partial charge is 0.495 e. The summed E-state index contributed by atoms with van der Waals surface area (Å²) in [6.07, 6.45) is 10.2. The van der Waals surface area contributed by atoms with Crippen molar-refractivity contribution in [1.29, 1.82) is 0 Å². The third-order valence-electron chi connectivity index (χ3n) is 9.73. The number of fused-ring (bicyclic) bond motifs is 2. The zero-order chi connectivity index (χ0) is 28.7. The predicted molar refractivity (Wildman–Crippen MR) is 160 cm³/mol. The number of carbonyl (C=O) groups is 2. The molecule has 2 aromatic rings. The lowest BCUT2D eigenvalue weighted by atomic mass is 9.89. The smallest absolute Gasteiger partial charge is 0.251 e. The van der Waals surface area contributed by atoms with Gasteiger partial charge in [0.05, 0.1) is 19.0 Å². The number of nitrogens with zero attached hydrogens (tertiary/aromatic N) is 5. The van der Waals surface area contributed by atoms with Crippen LogP contribution in [-0.4, -0.2) is 79.1 Å². The van der Waals surface area contributed by atoms with E-state index in [0.29, 0.717) is 40.8 Å². The molecular weight excluding hydrogens is 518 g/mol. The lowest BCUT2D eigenvalue weighted by Gasteiger charge is -2.43. The Labute approximate surface area is 242 Å². The maximum atomic E-state index is 13.2. The quantitative estimate of drug-likeness (QED) is 0.519. The summed E-state index contributed by atoms with van der Waals surface area (Å²) in [7, 11) is 5.59. The molecule has 4 aliphatic rings. The van der Waals surface area contributed by atoms with E-state index in [1.165, 1.54) is 19.3 Å². The van der Waals surface area contributed by atoms with Gasteiger partial charge in [-0.15, -0.1) is 0 Å². The number of likely N-dealkylation sites (tertiary alicyclic amines) is 1. The molecule has 4 atom stereocenters. The number of piperidine rings is 1. The van der Waals surface area contributed by atoms with Crippen molar-refractivity contribution in [1.82, 2.24) is 20.2 Å². The number of nitrogens with one attached hydrogen (secondary N) is 2. The molecule has 220 valence electrons. The van der Waals surface area contributed by atoms with Gasteiger partial charge in [-0.2, -0.15) is 4.98 Å². The van der Waals surface area contributed by atoms with Gasteiger partial charge in [0.25, 0.3) is 5.91 Å². The topological polar surface area (TPSA) is 103 Å². The number of hydrogen-bond acceptors (Lipinski definition) is 8. The summed E-state index contributed by atoms with van der Waals surface area (Å²) in [5.41, 5.74) is 1.98. The monoisotopic (exact) mass is 561 g/mol.